The Labute approximate surface area is 139 Å². The number of anilines is 1. The lowest BCUT2D eigenvalue weighted by molar-refractivity contribution is 0.0398. The zero-order valence-corrected chi connectivity index (χ0v) is 14.2. The van der Waals surface area contributed by atoms with Crippen molar-refractivity contribution < 1.29 is 9.47 Å². The number of morpholine rings is 1. The molecule has 1 unspecified atom stereocenters. The topological polar surface area (TPSA) is 46.6 Å². The van der Waals surface area contributed by atoms with Crippen molar-refractivity contribution in [2.75, 3.05) is 51.8 Å². The predicted molar refractivity (Wildman–Crippen MR) is 92.6 cm³/mol. The molecule has 0 radical (unpaired) electrons. The zero-order valence-electron chi connectivity index (χ0n) is 14.2. The maximum atomic E-state index is 5.45. The molecule has 0 aromatic carbocycles. The van der Waals surface area contributed by atoms with Crippen molar-refractivity contribution in [2.45, 2.75) is 25.9 Å². The molecule has 2 rings (SSSR count). The largest absolute Gasteiger partial charge is 0.383 e. The molecule has 126 valence electrons. The lowest BCUT2D eigenvalue weighted by Gasteiger charge is -2.27. The number of hydrogen-bond acceptors (Lipinski definition) is 5. The van der Waals surface area contributed by atoms with Gasteiger partial charge in [0.2, 0.25) is 0 Å². The van der Waals surface area contributed by atoms with E-state index in [-0.39, 0.29) is 6.10 Å². The van der Waals surface area contributed by atoms with Gasteiger partial charge in [-0.05, 0) is 18.1 Å². The minimum absolute atomic E-state index is 0.148. The lowest BCUT2D eigenvalue weighted by atomic mass is 10.1. The molecular weight excluding hydrogens is 290 g/mol. The second kappa shape index (κ2) is 9.51. The van der Waals surface area contributed by atoms with Crippen molar-refractivity contribution in [3.05, 3.63) is 23.5 Å². The van der Waals surface area contributed by atoms with Gasteiger partial charge in [0.25, 0.3) is 0 Å². The number of terminal acetylenes is 1. The van der Waals surface area contributed by atoms with Crippen LogP contribution in [0.5, 0.6) is 0 Å². The third-order valence-corrected chi connectivity index (χ3v) is 4.15. The third-order valence-electron chi connectivity index (χ3n) is 4.15. The summed E-state index contributed by atoms with van der Waals surface area (Å²) in [5.41, 5.74) is 3.23. The average molecular weight is 317 g/mol. The van der Waals surface area contributed by atoms with Gasteiger partial charge in [0.15, 0.2) is 0 Å². The SMILES string of the molecule is C#CCC(OC)c1cc(NCCN2CCOCC2)c(CC)cn1. The first kappa shape index (κ1) is 17.7. The number of nitrogens with zero attached hydrogens (tertiary/aromatic N) is 2. The molecule has 1 aliphatic heterocycles. The van der Waals surface area contributed by atoms with Gasteiger partial charge < -0.3 is 14.8 Å². The van der Waals surface area contributed by atoms with Gasteiger partial charge in [0, 0.05) is 51.6 Å². The number of methoxy groups -OCH3 is 1. The van der Waals surface area contributed by atoms with E-state index in [1.54, 1.807) is 7.11 Å². The minimum atomic E-state index is -0.148. The molecule has 1 aromatic heterocycles. The molecule has 0 amide bonds. The summed E-state index contributed by atoms with van der Waals surface area (Å²) < 4.78 is 10.8. The van der Waals surface area contributed by atoms with Crippen molar-refractivity contribution in [3.63, 3.8) is 0 Å². The Morgan fingerprint density at radius 3 is 2.91 bits per heavy atom. The molecule has 1 fully saturated rings. The Bertz CT molecular complexity index is 521. The Morgan fingerprint density at radius 2 is 2.26 bits per heavy atom. The van der Waals surface area contributed by atoms with Crippen molar-refractivity contribution in [1.82, 2.24) is 9.88 Å². The lowest BCUT2D eigenvalue weighted by Crippen LogP contribution is -2.39. The first-order valence-corrected chi connectivity index (χ1v) is 8.27. The molecule has 1 saturated heterocycles. The van der Waals surface area contributed by atoms with Gasteiger partial charge in [-0.2, -0.15) is 0 Å². The second-order valence-corrected chi connectivity index (χ2v) is 5.63. The molecular formula is C18H27N3O2. The van der Waals surface area contributed by atoms with Gasteiger partial charge in [-0.15, -0.1) is 12.3 Å². The summed E-state index contributed by atoms with van der Waals surface area (Å²) in [4.78, 5) is 6.93. The highest BCUT2D eigenvalue weighted by Crippen LogP contribution is 2.24. The van der Waals surface area contributed by atoms with Crippen LogP contribution >= 0.6 is 0 Å². The van der Waals surface area contributed by atoms with Crippen molar-refractivity contribution in [2.24, 2.45) is 0 Å². The summed E-state index contributed by atoms with van der Waals surface area (Å²) in [6.45, 7) is 7.75. The predicted octanol–water partition coefficient (Wildman–Crippen LogP) is 2.10. The Balaban J connectivity index is 1.99. The highest BCUT2D eigenvalue weighted by molar-refractivity contribution is 5.51. The van der Waals surface area contributed by atoms with E-state index < -0.39 is 0 Å². The molecule has 0 aliphatic carbocycles. The molecule has 0 saturated carbocycles. The van der Waals surface area contributed by atoms with Crippen LogP contribution in [-0.4, -0.2) is 56.4 Å². The quantitative estimate of drug-likeness (QED) is 0.744. The summed E-state index contributed by atoms with van der Waals surface area (Å²) in [5, 5.41) is 3.54. The van der Waals surface area contributed by atoms with Crippen LogP contribution in [0.1, 0.15) is 30.7 Å². The average Bonchev–Trinajstić information content (AvgIpc) is 2.60. The van der Waals surface area contributed by atoms with E-state index in [1.165, 1.54) is 5.56 Å². The van der Waals surface area contributed by atoms with Gasteiger partial charge in [-0.1, -0.05) is 6.92 Å². The van der Waals surface area contributed by atoms with Gasteiger partial charge in [0.1, 0.15) is 6.10 Å². The van der Waals surface area contributed by atoms with Crippen LogP contribution in [0.2, 0.25) is 0 Å². The zero-order chi connectivity index (χ0) is 16.5. The number of pyridine rings is 1. The summed E-state index contributed by atoms with van der Waals surface area (Å²) in [6.07, 6.45) is 8.66. The minimum Gasteiger partial charge on any atom is -0.383 e. The molecule has 1 atom stereocenters. The van der Waals surface area contributed by atoms with Gasteiger partial charge >= 0.3 is 0 Å². The van der Waals surface area contributed by atoms with Crippen LogP contribution in [0.3, 0.4) is 0 Å². The van der Waals surface area contributed by atoms with E-state index in [0.717, 1.165) is 57.2 Å². The maximum absolute atomic E-state index is 5.45. The number of nitrogens with one attached hydrogen (secondary N) is 1. The number of hydrogen-bond donors (Lipinski definition) is 1. The van der Waals surface area contributed by atoms with E-state index in [1.807, 2.05) is 6.20 Å². The van der Waals surface area contributed by atoms with Crippen molar-refractivity contribution >= 4 is 5.69 Å². The highest BCUT2D eigenvalue weighted by Gasteiger charge is 2.14. The van der Waals surface area contributed by atoms with Crippen LogP contribution in [0.4, 0.5) is 5.69 Å². The van der Waals surface area contributed by atoms with Crippen molar-refractivity contribution in [1.29, 1.82) is 0 Å². The van der Waals surface area contributed by atoms with E-state index in [0.29, 0.717) is 6.42 Å². The number of aromatic nitrogens is 1. The molecule has 1 N–H and O–H groups in total. The number of rotatable bonds is 8. The first-order valence-electron chi connectivity index (χ1n) is 8.27. The maximum Gasteiger partial charge on any atom is 0.110 e. The smallest absolute Gasteiger partial charge is 0.110 e. The molecule has 5 nitrogen and oxygen atoms in total. The van der Waals surface area contributed by atoms with Gasteiger partial charge in [-0.3, -0.25) is 9.88 Å². The Morgan fingerprint density at radius 1 is 1.48 bits per heavy atom. The molecule has 0 spiro atoms. The van der Waals surface area contributed by atoms with Crippen LogP contribution in [0, 0.1) is 12.3 Å². The molecule has 5 heteroatoms. The summed E-state index contributed by atoms with van der Waals surface area (Å²) >= 11 is 0. The first-order chi connectivity index (χ1) is 11.3. The molecule has 2 heterocycles. The van der Waals surface area contributed by atoms with E-state index in [2.05, 4.69) is 34.1 Å². The summed E-state index contributed by atoms with van der Waals surface area (Å²) in [6, 6.07) is 2.07. The van der Waals surface area contributed by atoms with Gasteiger partial charge in [0.05, 0.1) is 18.9 Å². The fourth-order valence-corrected chi connectivity index (χ4v) is 2.71. The molecule has 0 bridgehead atoms. The van der Waals surface area contributed by atoms with Crippen LogP contribution in [0.25, 0.3) is 0 Å². The standard InChI is InChI=1S/C18H27N3O2/c1-4-6-18(22-3)17-13-16(15(5-2)14-20-17)19-7-8-21-9-11-23-12-10-21/h1,13-14,18H,5-12H2,2-3H3,(H,19,20). The van der Waals surface area contributed by atoms with E-state index in [4.69, 9.17) is 15.9 Å². The summed E-state index contributed by atoms with van der Waals surface area (Å²) in [7, 11) is 1.67. The van der Waals surface area contributed by atoms with Gasteiger partial charge in [-0.25, -0.2) is 0 Å². The molecule has 23 heavy (non-hydrogen) atoms. The number of aryl methyl sites for hydroxylation is 1. The fraction of sp³-hybridized carbons (Fsp3) is 0.611. The molecule has 1 aromatic rings. The van der Waals surface area contributed by atoms with E-state index >= 15 is 0 Å². The summed E-state index contributed by atoms with van der Waals surface area (Å²) in [5.74, 6) is 2.65. The molecule has 1 aliphatic rings. The van der Waals surface area contributed by atoms with E-state index in [9.17, 15) is 0 Å². The third kappa shape index (κ3) is 5.21. The van der Waals surface area contributed by atoms with Crippen LogP contribution < -0.4 is 5.32 Å². The monoisotopic (exact) mass is 317 g/mol. The highest BCUT2D eigenvalue weighted by atomic mass is 16.5. The normalized spacial score (nSPS) is 16.7. The van der Waals surface area contributed by atoms with Crippen LogP contribution in [0.15, 0.2) is 12.3 Å². The van der Waals surface area contributed by atoms with Crippen molar-refractivity contribution in [3.8, 4) is 12.3 Å². The van der Waals surface area contributed by atoms with Crippen LogP contribution in [-0.2, 0) is 15.9 Å². The Kier molecular flexibility index (Phi) is 7.34. The Hall–Kier alpha value is -1.61. The number of ether oxygens (including phenoxy) is 2. The fourth-order valence-electron chi connectivity index (χ4n) is 2.71. The second-order valence-electron chi connectivity index (χ2n) is 5.63.